The molecule has 3 atom stereocenters. The number of anilines is 1. The number of hydroxylamine groups is 2. The topological polar surface area (TPSA) is 185 Å². The number of hydrogen-bond acceptors (Lipinski definition) is 11. The number of nitrogens with one attached hydrogen (secondary N) is 3. The SMILES string of the molecule is Cc1cc(C)c(S(=O)(=O)NC(CNC(=O)COC2CC(CNc3ccccn3)N(OC(=O)OCC(C)C)C2)C(=O)O)c(C)c1. The molecule has 15 heteroatoms. The lowest BCUT2D eigenvalue weighted by Gasteiger charge is -2.22. The van der Waals surface area contributed by atoms with E-state index >= 15 is 0 Å². The number of sulfonamides is 1. The van der Waals surface area contributed by atoms with Crippen molar-refractivity contribution in [3.8, 4) is 0 Å². The number of ether oxygens (including phenoxy) is 2. The van der Waals surface area contributed by atoms with Gasteiger partial charge in [-0.2, -0.15) is 4.72 Å². The molecule has 1 fully saturated rings. The number of pyridine rings is 1. The maximum absolute atomic E-state index is 13.0. The Morgan fingerprint density at radius 1 is 1.14 bits per heavy atom. The highest BCUT2D eigenvalue weighted by molar-refractivity contribution is 7.89. The van der Waals surface area contributed by atoms with Crippen LogP contribution < -0.4 is 15.4 Å². The van der Waals surface area contributed by atoms with Crippen LogP contribution in [0.4, 0.5) is 10.6 Å². The monoisotopic (exact) mass is 635 g/mol. The first-order valence-corrected chi connectivity index (χ1v) is 15.7. The number of nitrogens with zero attached hydrogens (tertiary/aromatic N) is 2. The minimum Gasteiger partial charge on any atom is -0.480 e. The van der Waals surface area contributed by atoms with Crippen molar-refractivity contribution in [3.63, 3.8) is 0 Å². The molecule has 1 aliphatic heterocycles. The number of aromatic nitrogens is 1. The van der Waals surface area contributed by atoms with Gasteiger partial charge in [0.15, 0.2) is 0 Å². The van der Waals surface area contributed by atoms with Crippen molar-refractivity contribution in [3.05, 3.63) is 53.2 Å². The molecule has 1 saturated heterocycles. The van der Waals surface area contributed by atoms with E-state index in [9.17, 15) is 27.9 Å². The van der Waals surface area contributed by atoms with Crippen molar-refractivity contribution in [2.75, 3.05) is 38.2 Å². The number of carbonyl (C=O) groups excluding carboxylic acids is 2. The van der Waals surface area contributed by atoms with E-state index in [1.54, 1.807) is 44.3 Å². The smallest absolute Gasteiger partial charge is 0.480 e. The molecule has 0 radical (unpaired) electrons. The highest BCUT2D eigenvalue weighted by Crippen LogP contribution is 2.23. The number of benzene rings is 1. The Hall–Kier alpha value is -3.79. The molecule has 2 heterocycles. The number of hydrogen-bond donors (Lipinski definition) is 4. The molecule has 0 spiro atoms. The molecule has 4 N–H and O–H groups in total. The average molecular weight is 636 g/mol. The number of amides is 1. The second-order valence-electron chi connectivity index (χ2n) is 11.1. The standard InChI is InChI=1S/C29H41N5O9S/c1-18(2)16-42-29(38)43-34-15-23(12-22(34)13-31-25-8-6-7-9-30-25)41-17-26(35)32-14-24(28(36)37)33-44(39,40)27-20(4)10-19(3)11-21(27)5/h6-11,18,22-24,33H,12-17H2,1-5H3,(H,30,31)(H,32,35)(H,36,37). The Morgan fingerprint density at radius 3 is 2.45 bits per heavy atom. The average Bonchev–Trinajstić information content (AvgIpc) is 3.32. The number of carbonyl (C=O) groups is 3. The number of aryl methyl sites for hydroxylation is 3. The van der Waals surface area contributed by atoms with Crippen LogP contribution in [0.25, 0.3) is 0 Å². The van der Waals surface area contributed by atoms with Crippen LogP contribution in [0.2, 0.25) is 0 Å². The predicted molar refractivity (Wildman–Crippen MR) is 160 cm³/mol. The van der Waals surface area contributed by atoms with E-state index in [2.05, 4.69) is 20.3 Å². The summed E-state index contributed by atoms with van der Waals surface area (Å²) in [5, 5.41) is 16.7. The molecular weight excluding hydrogens is 594 g/mol. The third kappa shape index (κ3) is 10.4. The minimum absolute atomic E-state index is 0.00260. The van der Waals surface area contributed by atoms with Gasteiger partial charge in [-0.15, -0.1) is 5.06 Å². The first-order valence-electron chi connectivity index (χ1n) is 14.2. The number of carboxylic acids is 1. The summed E-state index contributed by atoms with van der Waals surface area (Å²) in [6.07, 6.45) is 0.689. The summed E-state index contributed by atoms with van der Waals surface area (Å²) in [6, 6.07) is 6.86. The molecule has 14 nitrogen and oxygen atoms in total. The van der Waals surface area contributed by atoms with Crippen molar-refractivity contribution in [2.24, 2.45) is 5.92 Å². The van der Waals surface area contributed by atoms with Gasteiger partial charge >= 0.3 is 12.1 Å². The molecule has 0 aliphatic carbocycles. The molecule has 44 heavy (non-hydrogen) atoms. The van der Waals surface area contributed by atoms with Crippen molar-refractivity contribution >= 4 is 33.9 Å². The second kappa shape index (κ2) is 15.8. The molecule has 0 bridgehead atoms. The fourth-order valence-electron chi connectivity index (χ4n) is 4.79. The lowest BCUT2D eigenvalue weighted by atomic mass is 10.1. The first kappa shape index (κ1) is 34.7. The van der Waals surface area contributed by atoms with E-state index in [4.69, 9.17) is 14.3 Å². The molecule has 3 rings (SSSR count). The van der Waals surface area contributed by atoms with Gasteiger partial charge in [-0.05, 0) is 56.4 Å². The van der Waals surface area contributed by atoms with Gasteiger partial charge in [-0.1, -0.05) is 37.6 Å². The highest BCUT2D eigenvalue weighted by atomic mass is 32.2. The van der Waals surface area contributed by atoms with E-state index in [-0.39, 0.29) is 30.0 Å². The third-order valence-electron chi connectivity index (χ3n) is 6.66. The zero-order valence-electron chi connectivity index (χ0n) is 25.5. The van der Waals surface area contributed by atoms with Crippen LogP contribution in [-0.2, 0) is 33.9 Å². The van der Waals surface area contributed by atoms with Gasteiger partial charge in [0, 0.05) is 19.3 Å². The van der Waals surface area contributed by atoms with Gasteiger partial charge in [-0.3, -0.25) is 9.59 Å². The zero-order chi connectivity index (χ0) is 32.4. The van der Waals surface area contributed by atoms with Gasteiger partial charge in [0.05, 0.1) is 30.2 Å². The van der Waals surface area contributed by atoms with Crippen LogP contribution in [0.3, 0.4) is 0 Å². The Morgan fingerprint density at radius 2 is 1.84 bits per heavy atom. The molecule has 1 aromatic heterocycles. The quantitative estimate of drug-likeness (QED) is 0.209. The summed E-state index contributed by atoms with van der Waals surface area (Å²) in [6.45, 7) is 8.69. The first-order chi connectivity index (χ1) is 20.7. The third-order valence-corrected chi connectivity index (χ3v) is 8.43. The maximum Gasteiger partial charge on any atom is 0.527 e. The lowest BCUT2D eigenvalue weighted by Crippen LogP contribution is -2.49. The van der Waals surface area contributed by atoms with Crippen LogP contribution in [0.1, 0.15) is 37.0 Å². The maximum atomic E-state index is 13.0. The summed E-state index contributed by atoms with van der Waals surface area (Å²) >= 11 is 0. The second-order valence-corrected chi connectivity index (χ2v) is 12.8. The van der Waals surface area contributed by atoms with Gasteiger partial charge in [0.2, 0.25) is 15.9 Å². The molecule has 3 unspecified atom stereocenters. The van der Waals surface area contributed by atoms with Crippen molar-refractivity contribution in [1.82, 2.24) is 20.1 Å². The van der Waals surface area contributed by atoms with Crippen molar-refractivity contribution in [2.45, 2.75) is 64.1 Å². The van der Waals surface area contributed by atoms with E-state index in [1.165, 1.54) is 5.06 Å². The fraction of sp³-hybridized carbons (Fsp3) is 0.517. The molecule has 1 aromatic carbocycles. The van der Waals surface area contributed by atoms with Crippen molar-refractivity contribution in [1.29, 1.82) is 0 Å². The Bertz CT molecular complexity index is 1380. The van der Waals surface area contributed by atoms with Crippen LogP contribution >= 0.6 is 0 Å². The van der Waals surface area contributed by atoms with Gasteiger partial charge < -0.3 is 30.1 Å². The Kier molecular flexibility index (Phi) is 12.5. The minimum atomic E-state index is -4.19. The number of aliphatic carboxylic acids is 1. The van der Waals surface area contributed by atoms with Crippen molar-refractivity contribution < 1.29 is 42.2 Å². The fourth-order valence-corrected chi connectivity index (χ4v) is 6.43. The molecule has 242 valence electrons. The van der Waals surface area contributed by atoms with Gasteiger partial charge in [0.25, 0.3) is 0 Å². The summed E-state index contributed by atoms with van der Waals surface area (Å²) in [5.74, 6) is -1.33. The molecule has 1 amide bonds. The lowest BCUT2D eigenvalue weighted by molar-refractivity contribution is -0.143. The van der Waals surface area contributed by atoms with E-state index in [1.807, 2.05) is 26.8 Å². The van der Waals surface area contributed by atoms with Crippen LogP contribution in [0, 0.1) is 26.7 Å². The van der Waals surface area contributed by atoms with E-state index < -0.39 is 53.4 Å². The predicted octanol–water partition coefficient (Wildman–Crippen LogP) is 2.15. The van der Waals surface area contributed by atoms with Crippen LogP contribution in [-0.4, -0.2) is 92.6 Å². The summed E-state index contributed by atoms with van der Waals surface area (Å²) < 4.78 is 39.1. The normalized spacial score (nSPS) is 17.7. The summed E-state index contributed by atoms with van der Waals surface area (Å²) in [4.78, 5) is 46.3. The largest absolute Gasteiger partial charge is 0.527 e. The molecule has 2 aromatic rings. The molecular formula is C29H41N5O9S. The van der Waals surface area contributed by atoms with Gasteiger partial charge in [0.1, 0.15) is 18.5 Å². The molecule has 1 aliphatic rings. The Balaban J connectivity index is 1.55. The number of rotatable bonds is 15. The number of carboxylic acid groups (broad SMARTS) is 1. The highest BCUT2D eigenvalue weighted by Gasteiger charge is 2.36. The Labute approximate surface area is 257 Å². The molecule has 0 saturated carbocycles. The van der Waals surface area contributed by atoms with E-state index in [0.29, 0.717) is 29.9 Å². The summed E-state index contributed by atoms with van der Waals surface area (Å²) in [5.41, 5.74) is 1.83. The zero-order valence-corrected chi connectivity index (χ0v) is 26.3. The van der Waals surface area contributed by atoms with E-state index in [0.717, 1.165) is 5.56 Å². The van der Waals surface area contributed by atoms with Crippen LogP contribution in [0.15, 0.2) is 41.4 Å². The summed E-state index contributed by atoms with van der Waals surface area (Å²) in [7, 11) is -4.19. The van der Waals surface area contributed by atoms with Gasteiger partial charge in [-0.25, -0.2) is 18.2 Å². The van der Waals surface area contributed by atoms with Crippen LogP contribution in [0.5, 0.6) is 0 Å².